The molecule has 1 aliphatic rings. The Bertz CT molecular complexity index is 893. The second-order valence-corrected chi connectivity index (χ2v) is 8.84. The monoisotopic (exact) mass is 461 g/mol. The van der Waals surface area contributed by atoms with Gasteiger partial charge in [0.25, 0.3) is 5.91 Å². The van der Waals surface area contributed by atoms with Crippen molar-refractivity contribution in [2.75, 3.05) is 39.6 Å². The molecule has 0 N–H and O–H groups in total. The Kier molecular flexibility index (Phi) is 10.0. The van der Waals surface area contributed by atoms with Crippen LogP contribution in [-0.4, -0.2) is 61.5 Å². The maximum Gasteiger partial charge on any atom is 0.253 e. The van der Waals surface area contributed by atoms with E-state index in [1.165, 1.54) is 5.56 Å². The predicted molar refractivity (Wildman–Crippen MR) is 133 cm³/mol. The first-order valence-electron chi connectivity index (χ1n) is 10.6. The van der Waals surface area contributed by atoms with Crippen LogP contribution in [0.15, 0.2) is 41.4 Å². The number of likely N-dealkylation sites (N-methyl/N-ethyl adjacent to an activating group) is 1. The zero-order valence-corrected chi connectivity index (χ0v) is 20.7. The smallest absolute Gasteiger partial charge is 0.253 e. The number of halogens is 2. The number of rotatable bonds is 4. The van der Waals surface area contributed by atoms with Gasteiger partial charge in [0, 0.05) is 43.1 Å². The van der Waals surface area contributed by atoms with E-state index < -0.39 is 0 Å². The lowest BCUT2D eigenvalue weighted by Gasteiger charge is -2.40. The Hall–Kier alpha value is -1.88. The van der Waals surface area contributed by atoms with Gasteiger partial charge in [0.2, 0.25) is 0 Å². The van der Waals surface area contributed by atoms with Crippen molar-refractivity contribution >= 4 is 35.3 Å². The molecule has 0 unspecified atom stereocenters. The SMILES string of the molecule is CN=CCCCl.Cc1cc(C)cc(C(=O)N2CCN(C)[C@H](c3ccc(Cl)c(C)c3)C2)c1. The highest BCUT2D eigenvalue weighted by Gasteiger charge is 2.29. The van der Waals surface area contributed by atoms with Gasteiger partial charge in [-0.3, -0.25) is 9.69 Å². The summed E-state index contributed by atoms with van der Waals surface area (Å²) in [6, 6.07) is 12.4. The van der Waals surface area contributed by atoms with Gasteiger partial charge in [0.15, 0.2) is 0 Å². The van der Waals surface area contributed by atoms with Crippen molar-refractivity contribution in [3.8, 4) is 0 Å². The number of hydrogen-bond donors (Lipinski definition) is 0. The number of carbonyl (C=O) groups is 1. The lowest BCUT2D eigenvalue weighted by molar-refractivity contribution is 0.0546. The average Bonchev–Trinajstić information content (AvgIpc) is 2.74. The van der Waals surface area contributed by atoms with Crippen molar-refractivity contribution in [2.24, 2.45) is 4.99 Å². The van der Waals surface area contributed by atoms with Gasteiger partial charge in [-0.1, -0.05) is 40.9 Å². The minimum absolute atomic E-state index is 0.121. The van der Waals surface area contributed by atoms with Crippen LogP contribution in [0.25, 0.3) is 0 Å². The molecule has 1 atom stereocenters. The third kappa shape index (κ3) is 7.34. The van der Waals surface area contributed by atoms with Crippen molar-refractivity contribution in [1.29, 1.82) is 0 Å². The molecule has 0 spiro atoms. The van der Waals surface area contributed by atoms with Crippen LogP contribution in [0.1, 0.15) is 45.1 Å². The Morgan fingerprint density at radius 1 is 1.13 bits per heavy atom. The Morgan fingerprint density at radius 3 is 2.35 bits per heavy atom. The summed E-state index contributed by atoms with van der Waals surface area (Å²) in [5.41, 5.74) is 5.32. The molecule has 1 fully saturated rings. The lowest BCUT2D eigenvalue weighted by Crippen LogP contribution is -2.49. The Morgan fingerprint density at radius 2 is 1.81 bits per heavy atom. The first-order chi connectivity index (χ1) is 14.8. The van der Waals surface area contributed by atoms with Crippen LogP contribution in [0.5, 0.6) is 0 Å². The van der Waals surface area contributed by atoms with Gasteiger partial charge < -0.3 is 9.89 Å². The number of nitrogens with zero attached hydrogens (tertiary/aromatic N) is 3. The second-order valence-electron chi connectivity index (χ2n) is 8.05. The zero-order valence-electron chi connectivity index (χ0n) is 19.2. The van der Waals surface area contributed by atoms with Gasteiger partial charge in [0.1, 0.15) is 0 Å². The molecule has 2 aromatic carbocycles. The topological polar surface area (TPSA) is 35.9 Å². The molecule has 1 aliphatic heterocycles. The van der Waals surface area contributed by atoms with Crippen LogP contribution >= 0.6 is 23.2 Å². The van der Waals surface area contributed by atoms with E-state index in [4.69, 9.17) is 23.2 Å². The molecule has 0 aliphatic carbocycles. The molecule has 1 saturated heterocycles. The van der Waals surface area contributed by atoms with Crippen LogP contribution in [0.3, 0.4) is 0 Å². The number of aliphatic imine (C=N–C) groups is 1. The molecule has 1 amide bonds. The predicted octanol–water partition coefficient (Wildman–Crippen LogP) is 5.71. The number of alkyl halides is 1. The first-order valence-corrected chi connectivity index (χ1v) is 11.5. The molecule has 3 rings (SSSR count). The molecule has 0 aromatic heterocycles. The number of aryl methyl sites for hydroxylation is 3. The van der Waals surface area contributed by atoms with Crippen molar-refractivity contribution in [3.63, 3.8) is 0 Å². The molecule has 6 heteroatoms. The van der Waals surface area contributed by atoms with E-state index in [2.05, 4.69) is 35.1 Å². The van der Waals surface area contributed by atoms with Gasteiger partial charge in [-0.25, -0.2) is 0 Å². The normalized spacial score (nSPS) is 16.9. The van der Waals surface area contributed by atoms with Crippen molar-refractivity contribution in [3.05, 3.63) is 69.2 Å². The van der Waals surface area contributed by atoms with Gasteiger partial charge >= 0.3 is 0 Å². The van der Waals surface area contributed by atoms with Gasteiger partial charge in [-0.2, -0.15) is 0 Å². The average molecular weight is 462 g/mol. The molecule has 0 saturated carbocycles. The van der Waals surface area contributed by atoms with Crippen molar-refractivity contribution < 1.29 is 4.79 Å². The quantitative estimate of drug-likeness (QED) is 0.431. The summed E-state index contributed by atoms with van der Waals surface area (Å²) in [6.07, 6.45) is 2.69. The van der Waals surface area contributed by atoms with Crippen molar-refractivity contribution in [1.82, 2.24) is 9.80 Å². The van der Waals surface area contributed by atoms with Crippen LogP contribution < -0.4 is 0 Å². The fourth-order valence-electron chi connectivity index (χ4n) is 3.75. The summed E-state index contributed by atoms with van der Waals surface area (Å²) < 4.78 is 0. The van der Waals surface area contributed by atoms with E-state index in [0.29, 0.717) is 12.4 Å². The van der Waals surface area contributed by atoms with E-state index in [-0.39, 0.29) is 11.9 Å². The highest BCUT2D eigenvalue weighted by atomic mass is 35.5. The number of hydrogen-bond acceptors (Lipinski definition) is 3. The van der Waals surface area contributed by atoms with Gasteiger partial charge in [-0.15, -0.1) is 11.6 Å². The van der Waals surface area contributed by atoms with E-state index in [9.17, 15) is 4.79 Å². The highest BCUT2D eigenvalue weighted by molar-refractivity contribution is 6.31. The molecule has 0 radical (unpaired) electrons. The van der Waals surface area contributed by atoms with E-state index in [0.717, 1.165) is 46.8 Å². The van der Waals surface area contributed by atoms with Crippen LogP contribution in [0, 0.1) is 20.8 Å². The molecule has 2 aromatic rings. The molecule has 4 nitrogen and oxygen atoms in total. The van der Waals surface area contributed by atoms with E-state index >= 15 is 0 Å². The minimum atomic E-state index is 0.121. The number of carbonyl (C=O) groups excluding carboxylic acids is 1. The highest BCUT2D eigenvalue weighted by Crippen LogP contribution is 2.28. The maximum atomic E-state index is 13.0. The molecular weight excluding hydrogens is 429 g/mol. The molecular formula is C25H33Cl2N3O. The Labute approximate surface area is 196 Å². The summed E-state index contributed by atoms with van der Waals surface area (Å²) in [5.74, 6) is 0.799. The summed E-state index contributed by atoms with van der Waals surface area (Å²) in [6.45, 7) is 8.41. The standard InChI is InChI=1S/C21H25ClN2O.C4H8ClN/c1-14-9-15(2)11-18(10-14)21(25)24-8-7-23(4)20(13-24)17-5-6-19(22)16(3)12-17;1-6-4-2-3-5/h5-6,9-12,20H,7-8,13H2,1-4H3;4H,2-3H2,1H3/t20-;/m0./s1. The van der Waals surface area contributed by atoms with E-state index in [1.54, 1.807) is 13.3 Å². The largest absolute Gasteiger partial charge is 0.335 e. The first kappa shape index (κ1) is 25.4. The number of amides is 1. The minimum Gasteiger partial charge on any atom is -0.335 e. The summed E-state index contributed by atoms with van der Waals surface area (Å²) >= 11 is 11.5. The van der Waals surface area contributed by atoms with Crippen LogP contribution in [-0.2, 0) is 0 Å². The zero-order chi connectivity index (χ0) is 23.0. The van der Waals surface area contributed by atoms with E-state index in [1.807, 2.05) is 43.9 Å². The number of piperazine rings is 1. The number of benzene rings is 2. The molecule has 168 valence electrons. The maximum absolute atomic E-state index is 13.0. The fourth-order valence-corrected chi connectivity index (χ4v) is 3.97. The Balaban J connectivity index is 0.000000501. The lowest BCUT2D eigenvalue weighted by atomic mass is 10.00. The molecule has 0 bridgehead atoms. The molecule has 1 heterocycles. The summed E-state index contributed by atoms with van der Waals surface area (Å²) in [5, 5.41) is 0.783. The van der Waals surface area contributed by atoms with Crippen molar-refractivity contribution in [2.45, 2.75) is 33.2 Å². The third-order valence-corrected chi connectivity index (χ3v) is 6.03. The molecule has 31 heavy (non-hydrogen) atoms. The fraction of sp³-hybridized carbons (Fsp3) is 0.440. The van der Waals surface area contributed by atoms with Gasteiger partial charge in [-0.05, 0) is 69.8 Å². The summed E-state index contributed by atoms with van der Waals surface area (Å²) in [7, 11) is 3.86. The summed E-state index contributed by atoms with van der Waals surface area (Å²) in [4.78, 5) is 21.0. The second kappa shape index (κ2) is 12.2. The van der Waals surface area contributed by atoms with Crippen LogP contribution in [0.4, 0.5) is 0 Å². The van der Waals surface area contributed by atoms with Gasteiger partial charge in [0.05, 0.1) is 6.04 Å². The third-order valence-electron chi connectivity index (χ3n) is 5.39. The van der Waals surface area contributed by atoms with Crippen LogP contribution in [0.2, 0.25) is 5.02 Å².